The molecule has 0 bridgehead atoms. The molecule has 1 atom stereocenters. The highest BCUT2D eigenvalue weighted by Crippen LogP contribution is 2.22. The molecule has 9 heavy (non-hydrogen) atoms. The number of allylic oxidation sites excluding steroid dienone is 2. The van der Waals surface area contributed by atoms with Gasteiger partial charge >= 0.3 is 0 Å². The normalized spacial score (nSPS) is 27.7. The summed E-state index contributed by atoms with van der Waals surface area (Å²) >= 11 is 0. The predicted octanol–water partition coefficient (Wildman–Crippen LogP) is 0.987. The fraction of sp³-hybridized carbons (Fsp3) is 0.714. The van der Waals surface area contributed by atoms with Crippen LogP contribution in [0, 0.1) is 5.92 Å². The van der Waals surface area contributed by atoms with Crippen LogP contribution in [-0.4, -0.2) is 10.5 Å². The summed E-state index contributed by atoms with van der Waals surface area (Å²) in [5, 5.41) is 0. The van der Waals surface area contributed by atoms with Gasteiger partial charge in [0.05, 0.1) is 5.76 Å². The van der Waals surface area contributed by atoms with Gasteiger partial charge < -0.3 is 4.43 Å². The van der Waals surface area contributed by atoms with Crippen LogP contribution in [0.1, 0.15) is 26.2 Å². The predicted molar refractivity (Wildman–Crippen MR) is 42.1 cm³/mol. The third kappa shape index (κ3) is 1.86. The molecular weight excluding hydrogens is 128 g/mol. The summed E-state index contributed by atoms with van der Waals surface area (Å²) in [6.07, 6.45) is 5.94. The van der Waals surface area contributed by atoms with Crippen LogP contribution in [0.15, 0.2) is 11.8 Å². The Morgan fingerprint density at radius 1 is 1.78 bits per heavy atom. The van der Waals surface area contributed by atoms with E-state index in [2.05, 4.69) is 13.0 Å². The Morgan fingerprint density at radius 3 is 3.00 bits per heavy atom. The molecule has 1 rings (SSSR count). The van der Waals surface area contributed by atoms with Crippen molar-refractivity contribution in [3.63, 3.8) is 0 Å². The first kappa shape index (κ1) is 6.87. The molecule has 0 radical (unpaired) electrons. The average molecular weight is 142 g/mol. The van der Waals surface area contributed by atoms with Gasteiger partial charge in [-0.25, -0.2) is 0 Å². The minimum atomic E-state index is 0.855. The molecule has 0 heterocycles. The molecule has 0 aromatic heterocycles. The SMILES string of the molecule is CC1CC=C(O[SiH3])CC1. The molecule has 0 spiro atoms. The Hall–Kier alpha value is -0.243. The van der Waals surface area contributed by atoms with Gasteiger partial charge in [0.1, 0.15) is 0 Å². The summed E-state index contributed by atoms with van der Waals surface area (Å²) in [6, 6.07) is 0. The lowest BCUT2D eigenvalue weighted by Gasteiger charge is -2.17. The van der Waals surface area contributed by atoms with Crippen LogP contribution in [0.2, 0.25) is 0 Å². The van der Waals surface area contributed by atoms with Crippen molar-refractivity contribution in [1.29, 1.82) is 0 Å². The van der Waals surface area contributed by atoms with Crippen molar-refractivity contribution < 1.29 is 4.43 Å². The third-order valence-corrected chi connectivity index (χ3v) is 2.42. The highest BCUT2D eigenvalue weighted by atomic mass is 28.2. The van der Waals surface area contributed by atoms with E-state index in [0.29, 0.717) is 0 Å². The number of hydrogen-bond acceptors (Lipinski definition) is 1. The van der Waals surface area contributed by atoms with E-state index in [0.717, 1.165) is 16.4 Å². The maximum Gasteiger partial charge on any atom is 0.203 e. The molecule has 52 valence electrons. The van der Waals surface area contributed by atoms with Crippen LogP contribution in [-0.2, 0) is 4.43 Å². The van der Waals surface area contributed by atoms with Crippen molar-refractivity contribution in [3.8, 4) is 0 Å². The lowest BCUT2D eigenvalue weighted by atomic mass is 9.95. The molecule has 0 saturated heterocycles. The summed E-state index contributed by atoms with van der Waals surface area (Å²) in [7, 11) is 0.855. The van der Waals surface area contributed by atoms with Crippen LogP contribution in [0.5, 0.6) is 0 Å². The zero-order chi connectivity index (χ0) is 6.69. The van der Waals surface area contributed by atoms with E-state index in [1.54, 1.807) is 0 Å². The molecule has 0 aromatic rings. The van der Waals surface area contributed by atoms with Gasteiger partial charge in [-0.1, -0.05) is 6.92 Å². The summed E-state index contributed by atoms with van der Waals surface area (Å²) in [5.41, 5.74) is 0. The fourth-order valence-electron chi connectivity index (χ4n) is 1.13. The van der Waals surface area contributed by atoms with Gasteiger partial charge in [-0.05, 0) is 24.8 Å². The quantitative estimate of drug-likeness (QED) is 0.496. The fourth-order valence-corrected chi connectivity index (χ4v) is 1.50. The van der Waals surface area contributed by atoms with E-state index in [1.165, 1.54) is 25.0 Å². The standard InChI is InChI=1S/C7H14OSi/c1-6-2-4-7(8-9)5-3-6/h4,6H,2-3,5H2,1,9H3. The molecular formula is C7H14OSi. The molecule has 1 unspecified atom stereocenters. The average Bonchev–Trinajstić information content (AvgIpc) is 1.90. The minimum absolute atomic E-state index is 0.855. The van der Waals surface area contributed by atoms with Gasteiger partial charge in [0.2, 0.25) is 10.5 Å². The van der Waals surface area contributed by atoms with Crippen molar-refractivity contribution in [1.82, 2.24) is 0 Å². The number of rotatable bonds is 1. The minimum Gasteiger partial charge on any atom is -0.556 e. The molecule has 0 fully saturated rings. The first-order valence-electron chi connectivity index (χ1n) is 3.56. The van der Waals surface area contributed by atoms with Crippen LogP contribution < -0.4 is 0 Å². The van der Waals surface area contributed by atoms with Gasteiger partial charge in [0.15, 0.2) is 0 Å². The monoisotopic (exact) mass is 142 g/mol. The Bertz CT molecular complexity index is 120. The lowest BCUT2D eigenvalue weighted by Crippen LogP contribution is -2.02. The van der Waals surface area contributed by atoms with E-state index in [-0.39, 0.29) is 0 Å². The summed E-state index contributed by atoms with van der Waals surface area (Å²) < 4.78 is 5.24. The Balaban J connectivity index is 2.40. The van der Waals surface area contributed by atoms with E-state index in [1.807, 2.05) is 0 Å². The van der Waals surface area contributed by atoms with Crippen molar-refractivity contribution in [2.75, 3.05) is 0 Å². The molecule has 1 aliphatic rings. The lowest BCUT2D eigenvalue weighted by molar-refractivity contribution is 0.383. The molecule has 0 aliphatic heterocycles. The molecule has 1 aliphatic carbocycles. The number of hydrogen-bond donors (Lipinski definition) is 0. The van der Waals surface area contributed by atoms with Gasteiger partial charge in [-0.3, -0.25) is 0 Å². The van der Waals surface area contributed by atoms with Crippen molar-refractivity contribution in [2.45, 2.75) is 26.2 Å². The summed E-state index contributed by atoms with van der Waals surface area (Å²) in [6.45, 7) is 2.29. The Morgan fingerprint density at radius 2 is 2.56 bits per heavy atom. The van der Waals surface area contributed by atoms with Crippen LogP contribution in [0.25, 0.3) is 0 Å². The first-order valence-corrected chi connectivity index (χ1v) is 4.37. The highest BCUT2D eigenvalue weighted by Gasteiger charge is 2.08. The smallest absolute Gasteiger partial charge is 0.203 e. The van der Waals surface area contributed by atoms with Crippen molar-refractivity contribution >= 4 is 10.5 Å². The molecule has 0 N–H and O–H groups in total. The maximum atomic E-state index is 5.24. The van der Waals surface area contributed by atoms with Gasteiger partial charge in [0, 0.05) is 6.42 Å². The van der Waals surface area contributed by atoms with E-state index in [4.69, 9.17) is 4.43 Å². The van der Waals surface area contributed by atoms with Gasteiger partial charge in [-0.15, -0.1) is 0 Å². The van der Waals surface area contributed by atoms with E-state index < -0.39 is 0 Å². The van der Waals surface area contributed by atoms with Crippen molar-refractivity contribution in [3.05, 3.63) is 11.8 Å². The summed E-state index contributed by atoms with van der Waals surface area (Å²) in [5.74, 6) is 2.12. The largest absolute Gasteiger partial charge is 0.556 e. The second kappa shape index (κ2) is 3.06. The van der Waals surface area contributed by atoms with Crippen LogP contribution >= 0.6 is 0 Å². The van der Waals surface area contributed by atoms with Crippen LogP contribution in [0.3, 0.4) is 0 Å². The molecule has 0 amide bonds. The molecule has 1 nitrogen and oxygen atoms in total. The van der Waals surface area contributed by atoms with E-state index in [9.17, 15) is 0 Å². The first-order chi connectivity index (χ1) is 4.33. The highest BCUT2D eigenvalue weighted by molar-refractivity contribution is 5.98. The third-order valence-electron chi connectivity index (χ3n) is 1.89. The zero-order valence-electron chi connectivity index (χ0n) is 6.18. The van der Waals surface area contributed by atoms with Crippen molar-refractivity contribution in [2.24, 2.45) is 5.92 Å². The zero-order valence-corrected chi connectivity index (χ0v) is 8.18. The Kier molecular flexibility index (Phi) is 2.34. The topological polar surface area (TPSA) is 9.23 Å². The molecule has 0 aromatic carbocycles. The van der Waals surface area contributed by atoms with E-state index >= 15 is 0 Å². The van der Waals surface area contributed by atoms with Crippen LogP contribution in [0.4, 0.5) is 0 Å². The second-order valence-corrected chi connectivity index (χ2v) is 3.16. The summed E-state index contributed by atoms with van der Waals surface area (Å²) in [4.78, 5) is 0. The van der Waals surface area contributed by atoms with Gasteiger partial charge in [-0.2, -0.15) is 0 Å². The maximum absolute atomic E-state index is 5.24. The van der Waals surface area contributed by atoms with Gasteiger partial charge in [0.25, 0.3) is 0 Å². The second-order valence-electron chi connectivity index (χ2n) is 2.75. The molecule has 2 heteroatoms. The Labute approximate surface area is 59.6 Å². The molecule has 0 saturated carbocycles.